The molecule has 11 nitrogen and oxygen atoms in total. The van der Waals surface area contributed by atoms with Gasteiger partial charge >= 0.3 is 0 Å². The van der Waals surface area contributed by atoms with E-state index in [0.29, 0.717) is 19.0 Å². The number of aliphatic imine (C=N–C) groups is 1. The van der Waals surface area contributed by atoms with Gasteiger partial charge in [0.15, 0.2) is 12.4 Å². The molecule has 0 aliphatic carbocycles. The van der Waals surface area contributed by atoms with E-state index in [2.05, 4.69) is 36.0 Å². The highest BCUT2D eigenvalue weighted by Crippen LogP contribution is 2.36. The maximum Gasteiger partial charge on any atom is 0.288 e. The highest BCUT2D eigenvalue weighted by Gasteiger charge is 2.50. The SMILES string of the molecule is CO[C@@H]1CC(=O)N[C@@H](Cc2c[nH]c3ccccc23)C(=O)N(C)CCCC(C)[C@H](OC2O[C@H](C)CC3C2OC(=NC(C)C)N3C)[C@H]1C. The van der Waals surface area contributed by atoms with Gasteiger partial charge in [0.05, 0.1) is 30.8 Å². The molecule has 0 radical (unpaired) electrons. The van der Waals surface area contributed by atoms with Crippen molar-refractivity contribution in [1.29, 1.82) is 0 Å². The van der Waals surface area contributed by atoms with Gasteiger partial charge in [-0.15, -0.1) is 0 Å². The van der Waals surface area contributed by atoms with Crippen LogP contribution in [0.2, 0.25) is 0 Å². The summed E-state index contributed by atoms with van der Waals surface area (Å²) in [5.74, 6) is -0.371. The molecule has 3 saturated heterocycles. The molecule has 2 N–H and O–H groups in total. The van der Waals surface area contributed by atoms with E-state index in [1.165, 1.54) is 0 Å². The summed E-state index contributed by atoms with van der Waals surface area (Å²) in [5.41, 5.74) is 2.00. The first-order valence-corrected chi connectivity index (χ1v) is 16.9. The summed E-state index contributed by atoms with van der Waals surface area (Å²) in [6, 6.07) is 8.12. The Bertz CT molecular complexity index is 1380. The molecule has 1 aromatic heterocycles. The summed E-state index contributed by atoms with van der Waals surface area (Å²) in [7, 11) is 5.47. The van der Waals surface area contributed by atoms with Crippen LogP contribution in [0.5, 0.6) is 0 Å². The minimum atomic E-state index is -0.693. The zero-order valence-corrected chi connectivity index (χ0v) is 28.7. The Morgan fingerprint density at radius 2 is 1.89 bits per heavy atom. The average molecular weight is 640 g/mol. The van der Waals surface area contributed by atoms with Crippen LogP contribution in [0.1, 0.15) is 65.9 Å². The number of methoxy groups -OCH3 is 1. The molecule has 3 fully saturated rings. The van der Waals surface area contributed by atoms with Crippen LogP contribution in [-0.4, -0.2) is 109 Å². The Balaban J connectivity index is 1.36. The summed E-state index contributed by atoms with van der Waals surface area (Å²) in [5, 5.41) is 4.11. The monoisotopic (exact) mass is 639 g/mol. The molecule has 2 aromatic rings. The Hall–Kier alpha value is -3.15. The van der Waals surface area contributed by atoms with E-state index in [0.717, 1.165) is 35.7 Å². The summed E-state index contributed by atoms with van der Waals surface area (Å²) < 4.78 is 25.7. The third-order valence-corrected chi connectivity index (χ3v) is 9.90. The molecule has 5 rings (SSSR count). The molecule has 11 heteroatoms. The number of aromatic amines is 1. The van der Waals surface area contributed by atoms with E-state index in [1.54, 1.807) is 12.0 Å². The number of aromatic nitrogens is 1. The number of nitrogens with one attached hydrogen (secondary N) is 2. The van der Waals surface area contributed by atoms with E-state index >= 15 is 0 Å². The van der Waals surface area contributed by atoms with Crippen molar-refractivity contribution in [3.63, 3.8) is 0 Å². The fraction of sp³-hybridized carbons (Fsp3) is 0.686. The average Bonchev–Trinajstić information content (AvgIpc) is 3.56. The molecule has 1 aromatic carbocycles. The number of ether oxygens (including phenoxy) is 4. The van der Waals surface area contributed by atoms with Crippen LogP contribution in [0.15, 0.2) is 35.5 Å². The van der Waals surface area contributed by atoms with Crippen LogP contribution < -0.4 is 5.32 Å². The number of fused-ring (bicyclic) bond motifs is 2. The molecule has 4 heterocycles. The number of nitrogens with zero attached hydrogens (tertiary/aromatic N) is 3. The molecule has 46 heavy (non-hydrogen) atoms. The minimum absolute atomic E-state index is 0.0196. The van der Waals surface area contributed by atoms with Gasteiger partial charge in [0.2, 0.25) is 11.8 Å². The summed E-state index contributed by atoms with van der Waals surface area (Å²) in [6.07, 6.45) is 3.21. The van der Waals surface area contributed by atoms with Crippen molar-refractivity contribution < 1.29 is 28.5 Å². The predicted molar refractivity (Wildman–Crippen MR) is 177 cm³/mol. The third-order valence-electron chi connectivity index (χ3n) is 9.90. The normalized spacial score (nSPS) is 34.2. The van der Waals surface area contributed by atoms with Gasteiger partial charge in [-0.05, 0) is 57.6 Å². The zero-order valence-electron chi connectivity index (χ0n) is 28.7. The van der Waals surface area contributed by atoms with Crippen LogP contribution in [0.3, 0.4) is 0 Å². The summed E-state index contributed by atoms with van der Waals surface area (Å²) >= 11 is 0. The molecule has 254 valence electrons. The van der Waals surface area contributed by atoms with Crippen LogP contribution >= 0.6 is 0 Å². The molecule has 0 bridgehead atoms. The van der Waals surface area contributed by atoms with Crippen molar-refractivity contribution in [2.24, 2.45) is 16.8 Å². The van der Waals surface area contributed by atoms with Gasteiger partial charge in [-0.3, -0.25) is 9.59 Å². The second kappa shape index (κ2) is 14.7. The Morgan fingerprint density at radius 1 is 1.13 bits per heavy atom. The largest absolute Gasteiger partial charge is 0.454 e. The van der Waals surface area contributed by atoms with E-state index in [4.69, 9.17) is 23.9 Å². The van der Waals surface area contributed by atoms with Crippen LogP contribution in [0.25, 0.3) is 10.9 Å². The van der Waals surface area contributed by atoms with E-state index < -0.39 is 18.4 Å². The van der Waals surface area contributed by atoms with Gasteiger partial charge in [-0.25, -0.2) is 4.99 Å². The molecule has 3 aliphatic heterocycles. The van der Waals surface area contributed by atoms with Gasteiger partial charge in [0.1, 0.15) is 6.04 Å². The fourth-order valence-electron chi connectivity index (χ4n) is 7.30. The van der Waals surface area contributed by atoms with E-state index in [-0.39, 0.29) is 60.5 Å². The minimum Gasteiger partial charge on any atom is -0.454 e. The molecular formula is C35H53N5O6. The number of likely N-dealkylation sites (N-methyl/N-ethyl adjacent to an activating group) is 2. The molecule has 0 spiro atoms. The molecule has 0 saturated carbocycles. The Labute approximate surface area is 273 Å². The first-order valence-electron chi connectivity index (χ1n) is 16.9. The van der Waals surface area contributed by atoms with Crippen LogP contribution in [0.4, 0.5) is 0 Å². The topological polar surface area (TPSA) is 118 Å². The second-order valence-corrected chi connectivity index (χ2v) is 13.8. The smallest absolute Gasteiger partial charge is 0.288 e. The summed E-state index contributed by atoms with van der Waals surface area (Å²) in [6.45, 7) is 11.0. The van der Waals surface area contributed by atoms with Crippen LogP contribution in [-0.2, 0) is 35.0 Å². The lowest BCUT2D eigenvalue weighted by atomic mass is 9.85. The number of benzene rings is 1. The highest BCUT2D eigenvalue weighted by atomic mass is 16.7. The third kappa shape index (κ3) is 7.52. The van der Waals surface area contributed by atoms with Gasteiger partial charge in [0, 0.05) is 63.2 Å². The van der Waals surface area contributed by atoms with Gasteiger partial charge in [0.25, 0.3) is 6.02 Å². The first-order chi connectivity index (χ1) is 22.0. The number of amidine groups is 1. The van der Waals surface area contributed by atoms with Crippen molar-refractivity contribution in [1.82, 2.24) is 20.1 Å². The van der Waals surface area contributed by atoms with Gasteiger partial charge in [-0.2, -0.15) is 0 Å². The quantitative estimate of drug-likeness (QED) is 0.489. The Kier molecular flexibility index (Phi) is 11.0. The molecule has 3 aliphatic rings. The van der Waals surface area contributed by atoms with Crippen molar-refractivity contribution in [3.8, 4) is 0 Å². The van der Waals surface area contributed by atoms with Crippen molar-refractivity contribution in [3.05, 3.63) is 36.0 Å². The number of H-pyrrole nitrogens is 1. The first kappa shape index (κ1) is 34.2. The zero-order chi connectivity index (χ0) is 33.1. The van der Waals surface area contributed by atoms with E-state index in [1.807, 2.05) is 58.4 Å². The maximum absolute atomic E-state index is 13.7. The number of carbonyl (C=O) groups is 2. The lowest BCUT2D eigenvalue weighted by Crippen LogP contribution is -2.53. The fourth-order valence-corrected chi connectivity index (χ4v) is 7.30. The lowest BCUT2D eigenvalue weighted by molar-refractivity contribution is -0.268. The maximum atomic E-state index is 13.7. The van der Waals surface area contributed by atoms with E-state index in [9.17, 15) is 9.59 Å². The number of hydrogen-bond donors (Lipinski definition) is 2. The number of para-hydroxylation sites is 1. The molecule has 2 amide bonds. The van der Waals surface area contributed by atoms with Crippen molar-refractivity contribution in [2.75, 3.05) is 27.7 Å². The van der Waals surface area contributed by atoms with Gasteiger partial charge < -0.3 is 39.0 Å². The highest BCUT2D eigenvalue weighted by molar-refractivity contribution is 5.89. The van der Waals surface area contributed by atoms with Crippen molar-refractivity contribution >= 4 is 28.7 Å². The number of hydrogen-bond acceptors (Lipinski definition) is 7. The number of rotatable bonds is 6. The standard InChI is InChI=1S/C35H53N5O6/c1-20(2)37-35-40(7)28-16-22(4)44-34(32(28)46-35)45-31-21(3)12-11-15-39(6)33(42)27(38-30(41)18-29(43-8)23(31)5)17-24-19-36-26-14-10-9-13-25(24)26/h9-10,13-14,19-23,27-29,31-32,34,36H,11-12,15-18H2,1-8H3,(H,38,41)/t21?,22-,23+,27+,28?,29-,31+,32?,34?/m1/s1. The van der Waals surface area contributed by atoms with Crippen LogP contribution in [0, 0.1) is 11.8 Å². The van der Waals surface area contributed by atoms with Gasteiger partial charge in [-0.1, -0.05) is 32.0 Å². The second-order valence-electron chi connectivity index (χ2n) is 13.8. The lowest BCUT2D eigenvalue weighted by Gasteiger charge is -2.41. The molecule has 4 unspecified atom stereocenters. The van der Waals surface area contributed by atoms with Crippen molar-refractivity contribution in [2.45, 2.75) is 116 Å². The number of amides is 2. The molecular weight excluding hydrogens is 586 g/mol. The molecule has 9 atom stereocenters. The Morgan fingerprint density at radius 3 is 2.63 bits per heavy atom. The predicted octanol–water partition coefficient (Wildman–Crippen LogP) is 4.11. The summed E-state index contributed by atoms with van der Waals surface area (Å²) in [4.78, 5) is 39.2. The number of carbonyl (C=O) groups excluding carboxylic acids is 2.